The molecule has 1 amide bonds. The lowest BCUT2D eigenvalue weighted by atomic mass is 9.95. The summed E-state index contributed by atoms with van der Waals surface area (Å²) in [5.41, 5.74) is 1.62. The van der Waals surface area contributed by atoms with Gasteiger partial charge in [0.1, 0.15) is 5.60 Å². The molecule has 0 unspecified atom stereocenters. The van der Waals surface area contributed by atoms with Crippen molar-refractivity contribution in [3.05, 3.63) is 65.7 Å². The molecule has 2 aromatic carbocycles. The lowest BCUT2D eigenvalue weighted by molar-refractivity contribution is -0.132. The number of carbonyl (C=O) groups excluding carboxylic acids is 1. The maximum absolute atomic E-state index is 12.1. The number of aryl methyl sites for hydroxylation is 2. The van der Waals surface area contributed by atoms with E-state index in [0.717, 1.165) is 5.56 Å². The Morgan fingerprint density at radius 2 is 1.71 bits per heavy atom. The average Bonchev–Trinajstić information content (AvgIpc) is 2.48. The molecule has 0 spiro atoms. The van der Waals surface area contributed by atoms with Gasteiger partial charge in [-0.15, -0.1) is 0 Å². The van der Waals surface area contributed by atoms with E-state index in [1.807, 2.05) is 49.4 Å². The van der Waals surface area contributed by atoms with Gasteiger partial charge in [-0.3, -0.25) is 4.79 Å². The zero-order valence-corrected chi connectivity index (χ0v) is 12.5. The quantitative estimate of drug-likeness (QED) is 0.884. The van der Waals surface area contributed by atoms with Gasteiger partial charge < -0.3 is 10.4 Å². The maximum atomic E-state index is 12.1. The van der Waals surface area contributed by atoms with Crippen LogP contribution in [0.15, 0.2) is 54.6 Å². The molecule has 3 heteroatoms. The molecule has 110 valence electrons. The largest absolute Gasteiger partial charge is 0.380 e. The van der Waals surface area contributed by atoms with Crippen LogP contribution in [0.25, 0.3) is 0 Å². The molecule has 2 N–H and O–H groups in total. The number of anilines is 1. The second-order valence-electron chi connectivity index (χ2n) is 5.58. The molecule has 0 aliphatic heterocycles. The molecule has 0 aliphatic rings. The predicted molar refractivity (Wildman–Crippen MR) is 85.2 cm³/mol. The van der Waals surface area contributed by atoms with Crippen molar-refractivity contribution >= 4 is 11.6 Å². The van der Waals surface area contributed by atoms with Crippen molar-refractivity contribution in [1.82, 2.24) is 0 Å². The highest BCUT2D eigenvalue weighted by Crippen LogP contribution is 2.17. The molecular formula is C18H21NO2. The maximum Gasteiger partial charge on any atom is 0.256 e. The van der Waals surface area contributed by atoms with Crippen molar-refractivity contribution in [2.45, 2.75) is 32.3 Å². The molecule has 0 bridgehead atoms. The molecule has 2 aromatic rings. The van der Waals surface area contributed by atoms with Gasteiger partial charge in [0.15, 0.2) is 0 Å². The third-order valence-corrected chi connectivity index (χ3v) is 3.54. The second kappa shape index (κ2) is 6.55. The summed E-state index contributed by atoms with van der Waals surface area (Å²) in [4.78, 5) is 12.1. The third kappa shape index (κ3) is 4.43. The molecule has 0 aromatic heterocycles. The predicted octanol–water partition coefficient (Wildman–Crippen LogP) is 3.32. The Kier molecular flexibility index (Phi) is 4.76. The molecule has 0 fully saturated rings. The van der Waals surface area contributed by atoms with E-state index in [1.165, 1.54) is 5.56 Å². The molecule has 0 saturated carbocycles. The Balaban J connectivity index is 1.94. The Hall–Kier alpha value is -2.13. The minimum absolute atomic E-state index is 0.374. The second-order valence-corrected chi connectivity index (χ2v) is 5.58. The number of carbonyl (C=O) groups is 1. The molecular weight excluding hydrogens is 262 g/mol. The summed E-state index contributed by atoms with van der Waals surface area (Å²) in [7, 11) is 0. The smallest absolute Gasteiger partial charge is 0.256 e. The summed E-state index contributed by atoms with van der Waals surface area (Å²) in [6, 6.07) is 17.3. The van der Waals surface area contributed by atoms with E-state index in [4.69, 9.17) is 0 Å². The Labute approximate surface area is 125 Å². The van der Waals surface area contributed by atoms with Gasteiger partial charge in [-0.1, -0.05) is 48.0 Å². The first kappa shape index (κ1) is 15.3. The van der Waals surface area contributed by atoms with Gasteiger partial charge in [0.2, 0.25) is 0 Å². The molecule has 21 heavy (non-hydrogen) atoms. The SMILES string of the molecule is Cc1ccc(CC[C@](C)(O)C(=O)Nc2ccccc2)cc1. The molecule has 0 radical (unpaired) electrons. The normalized spacial score (nSPS) is 13.5. The van der Waals surface area contributed by atoms with Gasteiger partial charge >= 0.3 is 0 Å². The highest BCUT2D eigenvalue weighted by Gasteiger charge is 2.29. The van der Waals surface area contributed by atoms with E-state index in [9.17, 15) is 9.90 Å². The number of aliphatic hydroxyl groups is 1. The van der Waals surface area contributed by atoms with Crippen LogP contribution in [0.3, 0.4) is 0 Å². The lowest BCUT2D eigenvalue weighted by Gasteiger charge is -2.22. The fraction of sp³-hybridized carbons (Fsp3) is 0.278. The summed E-state index contributed by atoms with van der Waals surface area (Å²) in [5.74, 6) is -0.374. The molecule has 0 aliphatic carbocycles. The van der Waals surface area contributed by atoms with Gasteiger partial charge in [-0.2, -0.15) is 0 Å². The first-order valence-corrected chi connectivity index (χ1v) is 7.12. The van der Waals surface area contributed by atoms with Crippen LogP contribution in [0.2, 0.25) is 0 Å². The van der Waals surface area contributed by atoms with E-state index in [2.05, 4.69) is 5.32 Å². The van der Waals surface area contributed by atoms with Crippen LogP contribution in [0.5, 0.6) is 0 Å². The monoisotopic (exact) mass is 283 g/mol. The fourth-order valence-electron chi connectivity index (χ4n) is 2.04. The van der Waals surface area contributed by atoms with Crippen LogP contribution >= 0.6 is 0 Å². The Morgan fingerprint density at radius 3 is 2.33 bits per heavy atom. The number of hydrogen-bond donors (Lipinski definition) is 2. The van der Waals surface area contributed by atoms with Crippen molar-refractivity contribution in [2.24, 2.45) is 0 Å². The number of hydrogen-bond acceptors (Lipinski definition) is 2. The Morgan fingerprint density at radius 1 is 1.10 bits per heavy atom. The highest BCUT2D eigenvalue weighted by molar-refractivity contribution is 5.96. The minimum Gasteiger partial charge on any atom is -0.380 e. The molecule has 3 nitrogen and oxygen atoms in total. The molecule has 2 rings (SSSR count). The van der Waals surface area contributed by atoms with Crippen LogP contribution in [-0.4, -0.2) is 16.6 Å². The number of rotatable bonds is 5. The summed E-state index contributed by atoms with van der Waals surface area (Å²) in [6.07, 6.45) is 1.05. The molecule has 1 atom stereocenters. The zero-order valence-electron chi connectivity index (χ0n) is 12.5. The van der Waals surface area contributed by atoms with Crippen molar-refractivity contribution in [2.75, 3.05) is 5.32 Å². The van der Waals surface area contributed by atoms with Crippen molar-refractivity contribution in [1.29, 1.82) is 0 Å². The van der Waals surface area contributed by atoms with Crippen molar-refractivity contribution in [3.63, 3.8) is 0 Å². The van der Waals surface area contributed by atoms with Crippen molar-refractivity contribution in [3.8, 4) is 0 Å². The highest BCUT2D eigenvalue weighted by atomic mass is 16.3. The fourth-order valence-corrected chi connectivity index (χ4v) is 2.04. The summed E-state index contributed by atoms with van der Waals surface area (Å²) in [5, 5.41) is 13.1. The number of nitrogens with one attached hydrogen (secondary N) is 1. The topological polar surface area (TPSA) is 49.3 Å². The van der Waals surface area contributed by atoms with Gasteiger partial charge in [0.25, 0.3) is 5.91 Å². The van der Waals surface area contributed by atoms with Gasteiger partial charge in [-0.05, 0) is 44.4 Å². The van der Waals surface area contributed by atoms with Crippen LogP contribution in [-0.2, 0) is 11.2 Å². The minimum atomic E-state index is -1.39. The van der Waals surface area contributed by atoms with Gasteiger partial charge in [0.05, 0.1) is 0 Å². The van der Waals surface area contributed by atoms with Crippen molar-refractivity contribution < 1.29 is 9.90 Å². The van der Waals surface area contributed by atoms with E-state index in [-0.39, 0.29) is 5.91 Å². The summed E-state index contributed by atoms with van der Waals surface area (Å²) < 4.78 is 0. The lowest BCUT2D eigenvalue weighted by Crippen LogP contribution is -2.40. The van der Waals surface area contributed by atoms with Crippen LogP contribution in [0.4, 0.5) is 5.69 Å². The summed E-state index contributed by atoms with van der Waals surface area (Å²) in [6.45, 7) is 3.59. The Bertz CT molecular complexity index is 588. The van der Waals surface area contributed by atoms with Gasteiger partial charge in [0, 0.05) is 5.69 Å². The standard InChI is InChI=1S/C18H21NO2/c1-14-8-10-15(11-9-14)12-13-18(2,21)17(20)19-16-6-4-3-5-7-16/h3-11,21H,12-13H2,1-2H3,(H,19,20)/t18-/m0/s1. The third-order valence-electron chi connectivity index (χ3n) is 3.54. The van der Waals surface area contributed by atoms with Crippen LogP contribution in [0.1, 0.15) is 24.5 Å². The number of benzene rings is 2. The van der Waals surface area contributed by atoms with E-state index < -0.39 is 5.60 Å². The first-order chi connectivity index (χ1) is 9.97. The van der Waals surface area contributed by atoms with Crippen LogP contribution < -0.4 is 5.32 Å². The molecule has 0 saturated heterocycles. The van der Waals surface area contributed by atoms with E-state index in [0.29, 0.717) is 18.5 Å². The summed E-state index contributed by atoms with van der Waals surface area (Å²) >= 11 is 0. The zero-order chi connectivity index (χ0) is 15.3. The average molecular weight is 283 g/mol. The van der Waals surface area contributed by atoms with Crippen LogP contribution in [0, 0.1) is 6.92 Å². The molecule has 0 heterocycles. The van der Waals surface area contributed by atoms with Gasteiger partial charge in [-0.25, -0.2) is 0 Å². The van der Waals surface area contributed by atoms with E-state index in [1.54, 1.807) is 19.1 Å². The number of para-hydroxylation sites is 1. The number of amides is 1. The first-order valence-electron chi connectivity index (χ1n) is 7.12. The van der Waals surface area contributed by atoms with E-state index >= 15 is 0 Å².